The van der Waals surface area contributed by atoms with E-state index in [0.717, 1.165) is 5.69 Å². The molecule has 0 saturated heterocycles. The molecule has 2 N–H and O–H groups in total. The van der Waals surface area contributed by atoms with Gasteiger partial charge in [-0.25, -0.2) is 0 Å². The molecule has 68 valence electrons. The molecule has 1 amide bonds. The molecular formula is C9H11N3O. The van der Waals surface area contributed by atoms with Gasteiger partial charge in [0.15, 0.2) is 0 Å². The third-order valence-corrected chi connectivity index (χ3v) is 1.45. The Labute approximate surface area is 76.7 Å². The minimum atomic E-state index is -0.202. The fourth-order valence-corrected chi connectivity index (χ4v) is 0.838. The number of nitrogens with zero attached hydrogens (tertiary/aromatic N) is 1. The molecule has 0 aliphatic carbocycles. The van der Waals surface area contributed by atoms with Gasteiger partial charge in [0.2, 0.25) is 0 Å². The SMILES string of the molecule is CC#CCNC(=O)c1cc(C)[nH]n1. The Balaban J connectivity index is 2.52. The molecule has 1 rings (SSSR count). The van der Waals surface area contributed by atoms with Crippen LogP contribution in [0.1, 0.15) is 23.1 Å². The van der Waals surface area contributed by atoms with Crippen molar-refractivity contribution in [1.29, 1.82) is 0 Å². The lowest BCUT2D eigenvalue weighted by molar-refractivity contribution is 0.0953. The van der Waals surface area contributed by atoms with Crippen LogP contribution < -0.4 is 5.32 Å². The average molecular weight is 177 g/mol. The molecule has 0 aliphatic rings. The highest BCUT2D eigenvalue weighted by Gasteiger charge is 2.06. The molecule has 0 atom stereocenters. The highest BCUT2D eigenvalue weighted by molar-refractivity contribution is 5.92. The first-order valence-electron chi connectivity index (χ1n) is 3.94. The Morgan fingerprint density at radius 3 is 3.08 bits per heavy atom. The van der Waals surface area contributed by atoms with Gasteiger partial charge in [-0.2, -0.15) is 5.10 Å². The van der Waals surface area contributed by atoms with Crippen LogP contribution in [0.4, 0.5) is 0 Å². The van der Waals surface area contributed by atoms with E-state index in [-0.39, 0.29) is 5.91 Å². The average Bonchev–Trinajstić information content (AvgIpc) is 2.52. The van der Waals surface area contributed by atoms with Crippen LogP contribution in [0.3, 0.4) is 0 Å². The maximum atomic E-state index is 11.3. The van der Waals surface area contributed by atoms with Gasteiger partial charge in [-0.1, -0.05) is 5.92 Å². The Hall–Kier alpha value is -1.76. The Morgan fingerprint density at radius 1 is 1.77 bits per heavy atom. The van der Waals surface area contributed by atoms with Crippen molar-refractivity contribution in [2.75, 3.05) is 6.54 Å². The van der Waals surface area contributed by atoms with E-state index in [4.69, 9.17) is 0 Å². The second kappa shape index (κ2) is 4.31. The molecule has 0 unspecified atom stereocenters. The summed E-state index contributed by atoms with van der Waals surface area (Å²) >= 11 is 0. The van der Waals surface area contributed by atoms with E-state index in [1.165, 1.54) is 0 Å². The highest BCUT2D eigenvalue weighted by atomic mass is 16.1. The van der Waals surface area contributed by atoms with E-state index in [2.05, 4.69) is 27.4 Å². The molecule has 1 heterocycles. The van der Waals surface area contributed by atoms with E-state index < -0.39 is 0 Å². The maximum absolute atomic E-state index is 11.3. The molecule has 0 radical (unpaired) electrons. The van der Waals surface area contributed by atoms with Crippen LogP contribution in [0, 0.1) is 18.8 Å². The molecule has 13 heavy (non-hydrogen) atoms. The van der Waals surface area contributed by atoms with Crippen molar-refractivity contribution >= 4 is 5.91 Å². The molecule has 4 nitrogen and oxygen atoms in total. The normalized spacial score (nSPS) is 8.77. The number of hydrogen-bond acceptors (Lipinski definition) is 2. The van der Waals surface area contributed by atoms with E-state index >= 15 is 0 Å². The van der Waals surface area contributed by atoms with E-state index in [1.54, 1.807) is 13.0 Å². The number of hydrogen-bond donors (Lipinski definition) is 2. The molecular weight excluding hydrogens is 166 g/mol. The van der Waals surface area contributed by atoms with Crippen LogP contribution in [0.5, 0.6) is 0 Å². The summed E-state index contributed by atoms with van der Waals surface area (Å²) in [5.41, 5.74) is 1.27. The van der Waals surface area contributed by atoms with Gasteiger partial charge in [-0.15, -0.1) is 5.92 Å². The van der Waals surface area contributed by atoms with Crippen molar-refractivity contribution in [2.45, 2.75) is 13.8 Å². The largest absolute Gasteiger partial charge is 0.340 e. The zero-order chi connectivity index (χ0) is 9.68. The Kier molecular flexibility index (Phi) is 3.09. The highest BCUT2D eigenvalue weighted by Crippen LogP contribution is 1.96. The van der Waals surface area contributed by atoms with Gasteiger partial charge in [0, 0.05) is 5.69 Å². The number of H-pyrrole nitrogens is 1. The second-order valence-electron chi connectivity index (χ2n) is 2.55. The lowest BCUT2D eigenvalue weighted by atomic mass is 10.3. The van der Waals surface area contributed by atoms with Gasteiger partial charge in [-0.05, 0) is 19.9 Å². The third-order valence-electron chi connectivity index (χ3n) is 1.45. The summed E-state index contributed by atoms with van der Waals surface area (Å²) in [6.45, 7) is 3.93. The summed E-state index contributed by atoms with van der Waals surface area (Å²) in [5, 5.41) is 9.12. The number of carbonyl (C=O) groups excluding carboxylic acids is 1. The zero-order valence-electron chi connectivity index (χ0n) is 7.64. The predicted molar refractivity (Wildman–Crippen MR) is 49.1 cm³/mol. The summed E-state index contributed by atoms with van der Waals surface area (Å²) in [6, 6.07) is 1.69. The molecule has 0 bridgehead atoms. The molecule has 1 aromatic rings. The van der Waals surface area contributed by atoms with Crippen LogP contribution >= 0.6 is 0 Å². The maximum Gasteiger partial charge on any atom is 0.272 e. The number of carbonyl (C=O) groups is 1. The van der Waals surface area contributed by atoms with Crippen LogP contribution in [-0.4, -0.2) is 22.6 Å². The third kappa shape index (κ3) is 2.64. The van der Waals surface area contributed by atoms with Gasteiger partial charge in [0.25, 0.3) is 5.91 Å². The van der Waals surface area contributed by atoms with Crippen molar-refractivity contribution in [1.82, 2.24) is 15.5 Å². The topological polar surface area (TPSA) is 57.8 Å². The number of aromatic nitrogens is 2. The minimum Gasteiger partial charge on any atom is -0.340 e. The lowest BCUT2D eigenvalue weighted by Gasteiger charge is -1.94. The smallest absolute Gasteiger partial charge is 0.272 e. The van der Waals surface area contributed by atoms with Gasteiger partial charge >= 0.3 is 0 Å². The summed E-state index contributed by atoms with van der Waals surface area (Å²) in [4.78, 5) is 11.3. The molecule has 0 spiro atoms. The number of aromatic amines is 1. The lowest BCUT2D eigenvalue weighted by Crippen LogP contribution is -2.23. The first-order valence-corrected chi connectivity index (χ1v) is 3.94. The van der Waals surface area contributed by atoms with E-state index in [1.807, 2.05) is 6.92 Å². The summed E-state index contributed by atoms with van der Waals surface area (Å²) < 4.78 is 0. The predicted octanol–water partition coefficient (Wildman–Crippen LogP) is 0.471. The van der Waals surface area contributed by atoms with E-state index in [0.29, 0.717) is 12.2 Å². The Bertz CT molecular complexity index is 356. The van der Waals surface area contributed by atoms with Crippen molar-refractivity contribution in [2.24, 2.45) is 0 Å². The van der Waals surface area contributed by atoms with E-state index in [9.17, 15) is 4.79 Å². The minimum absolute atomic E-state index is 0.202. The first kappa shape index (κ1) is 9.33. The van der Waals surface area contributed by atoms with Gasteiger partial charge in [0.05, 0.1) is 6.54 Å². The molecule has 0 aliphatic heterocycles. The number of rotatable bonds is 2. The molecule has 0 saturated carbocycles. The zero-order valence-corrected chi connectivity index (χ0v) is 7.64. The van der Waals surface area contributed by atoms with Crippen molar-refractivity contribution in [3.05, 3.63) is 17.5 Å². The summed E-state index contributed by atoms with van der Waals surface area (Å²) in [6.07, 6.45) is 0. The molecule has 4 heteroatoms. The Morgan fingerprint density at radius 2 is 2.54 bits per heavy atom. The van der Waals surface area contributed by atoms with Crippen LogP contribution in [0.25, 0.3) is 0 Å². The van der Waals surface area contributed by atoms with Crippen molar-refractivity contribution < 1.29 is 4.79 Å². The number of aryl methyl sites for hydroxylation is 1. The quantitative estimate of drug-likeness (QED) is 0.645. The van der Waals surface area contributed by atoms with Crippen LogP contribution in [0.15, 0.2) is 6.07 Å². The monoisotopic (exact) mass is 177 g/mol. The fourth-order valence-electron chi connectivity index (χ4n) is 0.838. The first-order chi connectivity index (χ1) is 6.24. The van der Waals surface area contributed by atoms with Crippen molar-refractivity contribution in [3.8, 4) is 11.8 Å². The summed E-state index contributed by atoms with van der Waals surface area (Å²) in [7, 11) is 0. The standard InChI is InChI=1S/C9H11N3O/c1-3-4-5-10-9(13)8-6-7(2)11-12-8/h6H,5H2,1-2H3,(H,10,13)(H,11,12). The fraction of sp³-hybridized carbons (Fsp3) is 0.333. The number of amides is 1. The number of nitrogens with one attached hydrogen (secondary N) is 2. The second-order valence-corrected chi connectivity index (χ2v) is 2.55. The van der Waals surface area contributed by atoms with Crippen LogP contribution in [-0.2, 0) is 0 Å². The van der Waals surface area contributed by atoms with Gasteiger partial charge in [-0.3, -0.25) is 9.89 Å². The molecule has 0 fully saturated rings. The molecule has 1 aromatic heterocycles. The van der Waals surface area contributed by atoms with Crippen LogP contribution in [0.2, 0.25) is 0 Å². The van der Waals surface area contributed by atoms with Crippen molar-refractivity contribution in [3.63, 3.8) is 0 Å². The van der Waals surface area contributed by atoms with Gasteiger partial charge < -0.3 is 5.32 Å². The molecule has 0 aromatic carbocycles. The summed E-state index contributed by atoms with van der Waals surface area (Å²) in [5.74, 6) is 5.22. The van der Waals surface area contributed by atoms with Gasteiger partial charge in [0.1, 0.15) is 5.69 Å².